The van der Waals surface area contributed by atoms with Crippen molar-refractivity contribution < 1.29 is 12.8 Å². The first kappa shape index (κ1) is 14.1. The molecule has 3 rings (SSSR count). The lowest BCUT2D eigenvalue weighted by Crippen LogP contribution is -2.30. The van der Waals surface area contributed by atoms with Crippen LogP contribution in [-0.4, -0.2) is 22.9 Å². The van der Waals surface area contributed by atoms with Crippen LogP contribution in [0.2, 0.25) is 0 Å². The molecule has 0 aliphatic rings. The Morgan fingerprint density at radius 1 is 1.24 bits per heavy atom. The van der Waals surface area contributed by atoms with E-state index in [2.05, 4.69) is 10.2 Å². The van der Waals surface area contributed by atoms with Crippen LogP contribution in [0.5, 0.6) is 0 Å². The molecule has 21 heavy (non-hydrogen) atoms. The van der Waals surface area contributed by atoms with E-state index >= 15 is 0 Å². The van der Waals surface area contributed by atoms with Crippen molar-refractivity contribution in [3.63, 3.8) is 0 Å². The van der Waals surface area contributed by atoms with Gasteiger partial charge in [0.15, 0.2) is 5.03 Å². The van der Waals surface area contributed by atoms with Crippen molar-refractivity contribution in [2.45, 2.75) is 18.1 Å². The fourth-order valence-corrected chi connectivity index (χ4v) is 3.99. The summed E-state index contributed by atoms with van der Waals surface area (Å²) in [7, 11) is -3.65. The largest absolute Gasteiger partial charge is 0.468 e. The van der Waals surface area contributed by atoms with Crippen LogP contribution in [0.1, 0.15) is 10.6 Å². The molecule has 0 aliphatic heterocycles. The van der Waals surface area contributed by atoms with Gasteiger partial charge in [-0.25, -0.2) is 8.42 Å². The minimum absolute atomic E-state index is 0.0746. The quantitative estimate of drug-likeness (QED) is 0.756. The van der Waals surface area contributed by atoms with Crippen molar-refractivity contribution in [3.8, 4) is 0 Å². The Balaban J connectivity index is 1.91. The Labute approximate surface area is 126 Å². The Bertz CT molecular complexity index is 727. The Morgan fingerprint density at radius 2 is 2.14 bits per heavy atom. The van der Waals surface area contributed by atoms with E-state index in [1.54, 1.807) is 12.1 Å². The maximum atomic E-state index is 12.7. The highest BCUT2D eigenvalue weighted by Crippen LogP contribution is 2.21. The van der Waals surface area contributed by atoms with Crippen molar-refractivity contribution in [2.75, 3.05) is 0 Å². The maximum Gasteiger partial charge on any atom is 0.260 e. The average Bonchev–Trinajstić information content (AvgIpc) is 3.22. The molecule has 0 spiro atoms. The first-order valence-corrected chi connectivity index (χ1v) is 8.52. The first-order valence-electron chi connectivity index (χ1n) is 6.20. The number of nitrogens with zero attached hydrogens (tertiary/aromatic N) is 2. The molecule has 0 bridgehead atoms. The van der Waals surface area contributed by atoms with Crippen molar-refractivity contribution in [1.29, 1.82) is 0 Å². The summed E-state index contributed by atoms with van der Waals surface area (Å²) in [5.41, 5.74) is 0. The second-order valence-corrected chi connectivity index (χ2v) is 7.29. The highest BCUT2D eigenvalue weighted by molar-refractivity contribution is 7.89. The van der Waals surface area contributed by atoms with Crippen LogP contribution < -0.4 is 0 Å². The number of H-pyrrole nitrogens is 1. The Hall–Kier alpha value is -1.90. The van der Waals surface area contributed by atoms with E-state index in [-0.39, 0.29) is 11.6 Å². The molecule has 0 saturated heterocycles. The summed E-state index contributed by atoms with van der Waals surface area (Å²) < 4.78 is 32.0. The number of thiophene rings is 1. The van der Waals surface area contributed by atoms with Crippen LogP contribution in [0.15, 0.2) is 57.6 Å². The number of furan rings is 1. The zero-order valence-electron chi connectivity index (χ0n) is 11.0. The second-order valence-electron chi connectivity index (χ2n) is 4.35. The molecular formula is C13H13N3O3S2. The third-order valence-corrected chi connectivity index (χ3v) is 5.50. The number of aromatic amines is 1. The first-order chi connectivity index (χ1) is 10.2. The van der Waals surface area contributed by atoms with Gasteiger partial charge in [0.2, 0.25) is 0 Å². The van der Waals surface area contributed by atoms with E-state index in [0.29, 0.717) is 12.3 Å². The number of rotatable bonds is 6. The average molecular weight is 323 g/mol. The van der Waals surface area contributed by atoms with Crippen molar-refractivity contribution in [1.82, 2.24) is 14.5 Å². The van der Waals surface area contributed by atoms with Crippen LogP contribution in [0.4, 0.5) is 0 Å². The molecule has 0 fully saturated rings. The molecule has 0 radical (unpaired) electrons. The second kappa shape index (κ2) is 5.84. The molecule has 0 unspecified atom stereocenters. The van der Waals surface area contributed by atoms with Gasteiger partial charge in [0, 0.05) is 11.4 Å². The van der Waals surface area contributed by atoms with Gasteiger partial charge in [0.05, 0.1) is 19.0 Å². The third-order valence-electron chi connectivity index (χ3n) is 2.92. The van der Waals surface area contributed by atoms with Crippen LogP contribution in [-0.2, 0) is 23.1 Å². The molecule has 0 aromatic carbocycles. The molecule has 3 aromatic rings. The lowest BCUT2D eigenvalue weighted by atomic mass is 10.4. The molecule has 0 aliphatic carbocycles. The fourth-order valence-electron chi connectivity index (χ4n) is 1.90. The van der Waals surface area contributed by atoms with Gasteiger partial charge in [-0.15, -0.1) is 11.3 Å². The lowest BCUT2D eigenvalue weighted by Gasteiger charge is -2.19. The molecule has 3 heterocycles. The van der Waals surface area contributed by atoms with Gasteiger partial charge in [-0.3, -0.25) is 5.10 Å². The van der Waals surface area contributed by atoms with E-state index in [4.69, 9.17) is 4.42 Å². The van der Waals surface area contributed by atoms with Gasteiger partial charge in [-0.2, -0.15) is 9.40 Å². The molecule has 0 amide bonds. The van der Waals surface area contributed by atoms with Gasteiger partial charge in [-0.05, 0) is 29.6 Å². The van der Waals surface area contributed by atoms with Crippen LogP contribution in [0, 0.1) is 0 Å². The monoisotopic (exact) mass is 323 g/mol. The van der Waals surface area contributed by atoms with Crippen molar-refractivity contribution in [3.05, 3.63) is 58.8 Å². The zero-order valence-corrected chi connectivity index (χ0v) is 12.6. The molecule has 1 N–H and O–H groups in total. The molecule has 0 saturated carbocycles. The highest BCUT2D eigenvalue weighted by Gasteiger charge is 2.27. The molecule has 6 nitrogen and oxygen atoms in total. The Kier molecular flexibility index (Phi) is 3.91. The lowest BCUT2D eigenvalue weighted by molar-refractivity contribution is 0.359. The fraction of sp³-hybridized carbons (Fsp3) is 0.154. The van der Waals surface area contributed by atoms with E-state index in [9.17, 15) is 8.42 Å². The molecule has 8 heteroatoms. The predicted molar refractivity (Wildman–Crippen MR) is 78.0 cm³/mol. The SMILES string of the molecule is O=S(=O)(c1ccn[nH]1)N(Cc1ccco1)Cc1cccs1. The third kappa shape index (κ3) is 3.07. The summed E-state index contributed by atoms with van der Waals surface area (Å²) in [6, 6.07) is 8.74. The summed E-state index contributed by atoms with van der Waals surface area (Å²) in [6.45, 7) is 0.464. The Morgan fingerprint density at radius 3 is 2.76 bits per heavy atom. The zero-order chi connectivity index (χ0) is 14.7. The minimum Gasteiger partial charge on any atom is -0.468 e. The van der Waals surface area contributed by atoms with E-state index < -0.39 is 10.0 Å². The highest BCUT2D eigenvalue weighted by atomic mass is 32.2. The topological polar surface area (TPSA) is 79.2 Å². The minimum atomic E-state index is -3.65. The smallest absolute Gasteiger partial charge is 0.260 e. The van der Waals surface area contributed by atoms with Crippen LogP contribution >= 0.6 is 11.3 Å². The number of sulfonamides is 1. The van der Waals surface area contributed by atoms with Gasteiger partial charge >= 0.3 is 0 Å². The number of nitrogens with one attached hydrogen (secondary N) is 1. The number of aromatic nitrogens is 2. The van der Waals surface area contributed by atoms with Crippen LogP contribution in [0.25, 0.3) is 0 Å². The number of hydrogen-bond acceptors (Lipinski definition) is 5. The predicted octanol–water partition coefficient (Wildman–Crippen LogP) is 2.46. The van der Waals surface area contributed by atoms with Gasteiger partial charge in [-0.1, -0.05) is 6.07 Å². The summed E-state index contributed by atoms with van der Waals surface area (Å²) in [5.74, 6) is 0.592. The van der Waals surface area contributed by atoms with E-state index in [1.165, 1.54) is 34.2 Å². The number of hydrogen-bond donors (Lipinski definition) is 1. The maximum absolute atomic E-state index is 12.7. The summed E-state index contributed by atoms with van der Waals surface area (Å²) in [5, 5.41) is 8.22. The van der Waals surface area contributed by atoms with Crippen molar-refractivity contribution >= 4 is 21.4 Å². The summed E-state index contributed by atoms with van der Waals surface area (Å²) >= 11 is 1.51. The molecular weight excluding hydrogens is 310 g/mol. The molecule has 110 valence electrons. The standard InChI is InChI=1S/C13H13N3O3S2/c17-21(18,13-5-6-14-15-13)16(9-11-3-1-7-19-11)10-12-4-2-8-20-12/h1-8H,9-10H2,(H,14,15). The van der Waals surface area contributed by atoms with Crippen LogP contribution in [0.3, 0.4) is 0 Å². The van der Waals surface area contributed by atoms with E-state index in [1.807, 2.05) is 17.5 Å². The van der Waals surface area contributed by atoms with Crippen molar-refractivity contribution in [2.24, 2.45) is 0 Å². The molecule has 3 aromatic heterocycles. The van der Waals surface area contributed by atoms with Gasteiger partial charge in [0.25, 0.3) is 10.0 Å². The van der Waals surface area contributed by atoms with E-state index in [0.717, 1.165) is 4.88 Å². The summed E-state index contributed by atoms with van der Waals surface area (Å²) in [4.78, 5) is 0.963. The van der Waals surface area contributed by atoms with Gasteiger partial charge in [0.1, 0.15) is 5.76 Å². The normalized spacial score (nSPS) is 12.0. The summed E-state index contributed by atoms with van der Waals surface area (Å²) in [6.07, 6.45) is 2.95. The van der Waals surface area contributed by atoms with Gasteiger partial charge < -0.3 is 4.42 Å². The molecule has 0 atom stereocenters.